The lowest BCUT2D eigenvalue weighted by molar-refractivity contribution is -0.137. The Bertz CT molecular complexity index is 1480. The average Bonchev–Trinajstić information content (AvgIpc) is 3.18. The van der Waals surface area contributed by atoms with Crippen LogP contribution >= 0.6 is 0 Å². The molecular formula is C26H25F3N6O3. The Kier molecular flexibility index (Phi) is 6.81. The van der Waals surface area contributed by atoms with Gasteiger partial charge in [-0.2, -0.15) is 13.2 Å². The fourth-order valence-electron chi connectivity index (χ4n) is 4.63. The SMILES string of the molecule is Cn1c(Nc2cccc(C(F)(F)F)c2)nc2cc(Oc3ccnc(NC(=O)O)c3C3CCNCC3)ccc21. The maximum absolute atomic E-state index is 13.1. The summed E-state index contributed by atoms with van der Waals surface area (Å²) >= 11 is 0. The molecule has 198 valence electrons. The lowest BCUT2D eigenvalue weighted by atomic mass is 9.90. The normalized spacial score (nSPS) is 14.4. The smallest absolute Gasteiger partial charge is 0.416 e. The lowest BCUT2D eigenvalue weighted by Gasteiger charge is -2.26. The van der Waals surface area contributed by atoms with Gasteiger partial charge in [0.1, 0.15) is 17.3 Å². The van der Waals surface area contributed by atoms with Crippen molar-refractivity contribution in [3.8, 4) is 11.5 Å². The van der Waals surface area contributed by atoms with Crippen LogP contribution in [0.4, 0.5) is 35.4 Å². The van der Waals surface area contributed by atoms with Crippen LogP contribution in [-0.2, 0) is 13.2 Å². The molecule has 1 aliphatic heterocycles. The Hall–Kier alpha value is -4.32. The summed E-state index contributed by atoms with van der Waals surface area (Å²) in [6, 6.07) is 11.9. The molecule has 4 aromatic rings. The summed E-state index contributed by atoms with van der Waals surface area (Å²) in [6.07, 6.45) is -2.56. The third kappa shape index (κ3) is 5.35. The first kappa shape index (κ1) is 25.3. The van der Waals surface area contributed by atoms with Gasteiger partial charge in [-0.25, -0.2) is 14.8 Å². The van der Waals surface area contributed by atoms with Crippen LogP contribution in [0, 0.1) is 0 Å². The molecule has 1 aliphatic rings. The van der Waals surface area contributed by atoms with Crippen molar-refractivity contribution < 1.29 is 27.8 Å². The van der Waals surface area contributed by atoms with Crippen molar-refractivity contribution in [2.45, 2.75) is 24.9 Å². The lowest BCUT2D eigenvalue weighted by Crippen LogP contribution is -2.27. The minimum absolute atomic E-state index is 0.0589. The minimum atomic E-state index is -4.45. The van der Waals surface area contributed by atoms with Gasteiger partial charge in [0.05, 0.1) is 16.6 Å². The van der Waals surface area contributed by atoms with Gasteiger partial charge in [0.15, 0.2) is 0 Å². The Morgan fingerprint density at radius 3 is 2.68 bits per heavy atom. The molecule has 1 amide bonds. The third-order valence-electron chi connectivity index (χ3n) is 6.45. The molecule has 2 aromatic carbocycles. The number of halogens is 3. The van der Waals surface area contributed by atoms with Crippen molar-refractivity contribution in [1.82, 2.24) is 19.9 Å². The summed E-state index contributed by atoms with van der Waals surface area (Å²) in [5, 5.41) is 17.9. The van der Waals surface area contributed by atoms with Gasteiger partial charge in [-0.15, -0.1) is 0 Å². The number of pyridine rings is 1. The molecular weight excluding hydrogens is 501 g/mol. The number of hydrogen-bond donors (Lipinski definition) is 4. The largest absolute Gasteiger partial charge is 0.465 e. The summed E-state index contributed by atoms with van der Waals surface area (Å²) in [5.41, 5.74) is 1.52. The van der Waals surface area contributed by atoms with Gasteiger partial charge in [-0.3, -0.25) is 5.32 Å². The van der Waals surface area contributed by atoms with Crippen molar-refractivity contribution in [2.75, 3.05) is 23.7 Å². The molecule has 1 saturated heterocycles. The van der Waals surface area contributed by atoms with E-state index in [1.807, 2.05) is 0 Å². The monoisotopic (exact) mass is 526 g/mol. The number of carboxylic acid groups (broad SMARTS) is 1. The Morgan fingerprint density at radius 2 is 1.95 bits per heavy atom. The molecule has 0 aliphatic carbocycles. The molecule has 5 rings (SSSR count). The number of piperidine rings is 1. The highest BCUT2D eigenvalue weighted by Gasteiger charge is 2.30. The second-order valence-electron chi connectivity index (χ2n) is 8.98. The van der Waals surface area contributed by atoms with Crippen molar-refractivity contribution in [2.24, 2.45) is 7.05 Å². The Labute approximate surface area is 215 Å². The number of amides is 1. The number of fused-ring (bicyclic) bond motifs is 1. The van der Waals surface area contributed by atoms with Crippen LogP contribution in [0.2, 0.25) is 0 Å². The van der Waals surface area contributed by atoms with Crippen LogP contribution in [0.15, 0.2) is 54.7 Å². The number of hydrogen-bond acceptors (Lipinski definition) is 6. The van der Waals surface area contributed by atoms with E-state index in [1.54, 1.807) is 35.9 Å². The molecule has 2 aromatic heterocycles. The number of alkyl halides is 3. The number of nitrogens with one attached hydrogen (secondary N) is 3. The summed E-state index contributed by atoms with van der Waals surface area (Å²) in [6.45, 7) is 1.60. The highest BCUT2D eigenvalue weighted by Crippen LogP contribution is 2.40. The van der Waals surface area contributed by atoms with Gasteiger partial charge in [-0.05, 0) is 68.2 Å². The van der Waals surface area contributed by atoms with E-state index in [9.17, 15) is 23.1 Å². The number of anilines is 3. The molecule has 0 saturated carbocycles. The van der Waals surface area contributed by atoms with Gasteiger partial charge >= 0.3 is 12.3 Å². The van der Waals surface area contributed by atoms with E-state index < -0.39 is 17.8 Å². The molecule has 12 heteroatoms. The minimum Gasteiger partial charge on any atom is -0.465 e. The topological polar surface area (TPSA) is 113 Å². The zero-order valence-corrected chi connectivity index (χ0v) is 20.3. The quantitative estimate of drug-likeness (QED) is 0.241. The van der Waals surface area contributed by atoms with E-state index in [-0.39, 0.29) is 17.4 Å². The first-order chi connectivity index (χ1) is 18.2. The summed E-state index contributed by atoms with van der Waals surface area (Å²) in [4.78, 5) is 20.2. The van der Waals surface area contributed by atoms with E-state index in [0.29, 0.717) is 28.5 Å². The molecule has 0 spiro atoms. The van der Waals surface area contributed by atoms with Crippen LogP contribution in [0.5, 0.6) is 11.5 Å². The average molecular weight is 527 g/mol. The molecule has 0 atom stereocenters. The standard InChI is InChI=1S/C26H25F3N6O3/c1-35-20-6-5-18(14-19(20)33-24(35)32-17-4-2-3-16(13-17)26(27,28)29)38-21-9-12-31-23(34-25(36)37)22(21)15-7-10-30-11-8-15/h2-6,9,12-15,30H,7-8,10-11H2,1H3,(H,31,34)(H,32,33)(H,36,37). The summed E-state index contributed by atoms with van der Waals surface area (Å²) in [5.74, 6) is 1.64. The number of imidazole rings is 1. The van der Waals surface area contributed by atoms with Gasteiger partial charge in [-0.1, -0.05) is 6.07 Å². The molecule has 9 nitrogen and oxygen atoms in total. The maximum atomic E-state index is 13.1. The number of rotatable bonds is 6. The molecule has 38 heavy (non-hydrogen) atoms. The fraction of sp³-hybridized carbons (Fsp3) is 0.269. The van der Waals surface area contributed by atoms with Crippen LogP contribution in [0.25, 0.3) is 11.0 Å². The van der Waals surface area contributed by atoms with Crippen molar-refractivity contribution >= 4 is 34.6 Å². The zero-order valence-electron chi connectivity index (χ0n) is 20.3. The second-order valence-corrected chi connectivity index (χ2v) is 8.98. The number of aromatic nitrogens is 3. The number of ether oxygens (including phenoxy) is 1. The molecule has 0 radical (unpaired) electrons. The highest BCUT2D eigenvalue weighted by atomic mass is 19.4. The van der Waals surface area contributed by atoms with Crippen molar-refractivity contribution in [3.63, 3.8) is 0 Å². The van der Waals surface area contributed by atoms with Gasteiger partial charge in [0.2, 0.25) is 5.95 Å². The first-order valence-electron chi connectivity index (χ1n) is 12.0. The van der Waals surface area contributed by atoms with Crippen LogP contribution < -0.4 is 20.7 Å². The molecule has 0 unspecified atom stereocenters. The number of carbonyl (C=O) groups is 1. The van der Waals surface area contributed by atoms with E-state index in [4.69, 9.17) is 4.74 Å². The van der Waals surface area contributed by atoms with Crippen molar-refractivity contribution in [1.29, 1.82) is 0 Å². The van der Waals surface area contributed by atoms with Crippen LogP contribution in [0.3, 0.4) is 0 Å². The maximum Gasteiger partial charge on any atom is 0.416 e. The van der Waals surface area contributed by atoms with Gasteiger partial charge in [0, 0.05) is 30.6 Å². The van der Waals surface area contributed by atoms with Crippen LogP contribution in [-0.4, -0.2) is 38.8 Å². The summed E-state index contributed by atoms with van der Waals surface area (Å²) < 4.78 is 47.3. The number of aryl methyl sites for hydroxylation is 1. The summed E-state index contributed by atoms with van der Waals surface area (Å²) in [7, 11) is 1.76. The predicted octanol–water partition coefficient (Wildman–Crippen LogP) is 6.08. The van der Waals surface area contributed by atoms with Crippen molar-refractivity contribution in [3.05, 3.63) is 65.9 Å². The van der Waals surface area contributed by atoms with Crippen LogP contribution in [0.1, 0.15) is 29.9 Å². The number of benzene rings is 2. The Morgan fingerprint density at radius 1 is 1.16 bits per heavy atom. The van der Waals surface area contributed by atoms with Gasteiger partial charge < -0.3 is 25.0 Å². The highest BCUT2D eigenvalue weighted by molar-refractivity contribution is 5.84. The second kappa shape index (κ2) is 10.2. The third-order valence-corrected chi connectivity index (χ3v) is 6.45. The first-order valence-corrected chi connectivity index (χ1v) is 12.0. The molecule has 0 bridgehead atoms. The molecule has 1 fully saturated rings. The molecule has 3 heterocycles. The van der Waals surface area contributed by atoms with E-state index in [0.717, 1.165) is 43.6 Å². The van der Waals surface area contributed by atoms with E-state index in [1.165, 1.54) is 18.3 Å². The number of nitrogens with zero attached hydrogens (tertiary/aromatic N) is 3. The fourth-order valence-corrected chi connectivity index (χ4v) is 4.63. The zero-order chi connectivity index (χ0) is 26.9. The van der Waals surface area contributed by atoms with Gasteiger partial charge in [0.25, 0.3) is 0 Å². The molecule has 4 N–H and O–H groups in total. The van der Waals surface area contributed by atoms with E-state index in [2.05, 4.69) is 25.9 Å². The van der Waals surface area contributed by atoms with E-state index >= 15 is 0 Å². The predicted molar refractivity (Wildman–Crippen MR) is 136 cm³/mol. The Balaban J connectivity index is 1.45.